The molecule has 1 aromatic carbocycles. The predicted molar refractivity (Wildman–Crippen MR) is 107 cm³/mol. The lowest BCUT2D eigenvalue weighted by atomic mass is 10.1. The van der Waals surface area contributed by atoms with Crippen LogP contribution >= 0.6 is 0 Å². The van der Waals surface area contributed by atoms with E-state index in [4.69, 9.17) is 5.73 Å². The van der Waals surface area contributed by atoms with Crippen molar-refractivity contribution >= 4 is 40.6 Å². The zero-order chi connectivity index (χ0) is 23.3. The molecule has 3 rings (SSSR count). The highest BCUT2D eigenvalue weighted by molar-refractivity contribution is 5.96. The Morgan fingerprint density at radius 2 is 1.84 bits per heavy atom. The number of carboxylic acid groups (broad SMARTS) is 2. The van der Waals surface area contributed by atoms with Crippen molar-refractivity contribution in [3.05, 3.63) is 52.1 Å². The number of nitrogens with one attached hydrogen (secondary N) is 3. The van der Waals surface area contributed by atoms with Crippen molar-refractivity contribution in [2.24, 2.45) is 0 Å². The molecule has 32 heavy (non-hydrogen) atoms. The number of nitrogens with two attached hydrogens (primary N) is 1. The number of carbonyl (C=O) groups excluding carboxylic acids is 3. The van der Waals surface area contributed by atoms with Crippen LogP contribution < -0.4 is 32.1 Å². The first-order valence-corrected chi connectivity index (χ1v) is 9.30. The highest BCUT2D eigenvalue weighted by atomic mass is 16.4. The molecule has 0 spiro atoms. The number of aromatic amines is 1. The van der Waals surface area contributed by atoms with Crippen molar-refractivity contribution in [1.82, 2.24) is 25.3 Å². The molecule has 0 bridgehead atoms. The minimum atomic E-state index is -1.59. The average Bonchev–Trinajstić information content (AvgIpc) is 2.75. The number of H-pyrrole nitrogens is 1. The van der Waals surface area contributed by atoms with Crippen LogP contribution in [0.5, 0.6) is 0 Å². The summed E-state index contributed by atoms with van der Waals surface area (Å²) in [6.45, 7) is 0.217. The summed E-state index contributed by atoms with van der Waals surface area (Å²) >= 11 is 0. The first-order valence-electron chi connectivity index (χ1n) is 9.30. The fraction of sp³-hybridized carbons (Fsp3) is 0.211. The molecule has 5 N–H and O–H groups in total. The molecule has 1 amide bonds. The van der Waals surface area contributed by atoms with Crippen LogP contribution in [0.4, 0.5) is 11.6 Å². The van der Waals surface area contributed by atoms with Gasteiger partial charge >= 0.3 is 0 Å². The predicted octanol–water partition coefficient (Wildman–Crippen LogP) is -2.71. The van der Waals surface area contributed by atoms with E-state index in [0.29, 0.717) is 11.4 Å². The summed E-state index contributed by atoms with van der Waals surface area (Å²) < 4.78 is 0. The number of anilines is 2. The van der Waals surface area contributed by atoms with Crippen LogP contribution in [-0.2, 0) is 16.1 Å². The molecule has 166 valence electrons. The molecule has 0 unspecified atom stereocenters. The van der Waals surface area contributed by atoms with E-state index in [1.54, 1.807) is 12.1 Å². The van der Waals surface area contributed by atoms with Crippen molar-refractivity contribution in [2.75, 3.05) is 11.1 Å². The summed E-state index contributed by atoms with van der Waals surface area (Å²) in [5.74, 6) is -3.78. The fourth-order valence-corrected chi connectivity index (χ4v) is 2.74. The van der Waals surface area contributed by atoms with Crippen LogP contribution in [0, 0.1) is 0 Å². The van der Waals surface area contributed by atoms with Crippen LogP contribution in [-0.4, -0.2) is 43.8 Å². The van der Waals surface area contributed by atoms with Crippen LogP contribution in [0.25, 0.3) is 11.2 Å². The number of hydrogen-bond acceptors (Lipinski definition) is 11. The molecule has 2 heterocycles. The van der Waals surface area contributed by atoms with E-state index in [2.05, 4.69) is 30.6 Å². The minimum absolute atomic E-state index is 0.0478. The summed E-state index contributed by atoms with van der Waals surface area (Å²) in [7, 11) is 0. The van der Waals surface area contributed by atoms with Gasteiger partial charge in [0.1, 0.15) is 0 Å². The monoisotopic (exact) mass is 439 g/mol. The highest BCUT2D eigenvalue weighted by Gasteiger charge is 2.15. The summed E-state index contributed by atoms with van der Waals surface area (Å²) in [6.07, 6.45) is 0.554. The number of hydrogen-bond donors (Lipinski definition) is 4. The van der Waals surface area contributed by atoms with E-state index >= 15 is 0 Å². The molecule has 0 aliphatic heterocycles. The minimum Gasteiger partial charge on any atom is -0.550 e. The SMILES string of the molecule is Nc1nc2ncc(CNc3ccc(C(=O)N[C@H](CCC(=O)[O-])C(=O)[O-])cc3)nc2c(=O)[nH]1. The van der Waals surface area contributed by atoms with Gasteiger partial charge in [0, 0.05) is 17.2 Å². The Morgan fingerprint density at radius 3 is 2.50 bits per heavy atom. The maximum atomic E-state index is 12.2. The zero-order valence-corrected chi connectivity index (χ0v) is 16.5. The number of carbonyl (C=O) groups is 3. The number of rotatable bonds is 9. The lowest BCUT2D eigenvalue weighted by molar-refractivity contribution is -0.309. The van der Waals surface area contributed by atoms with Gasteiger partial charge in [0.15, 0.2) is 11.2 Å². The van der Waals surface area contributed by atoms with E-state index in [9.17, 15) is 29.4 Å². The van der Waals surface area contributed by atoms with E-state index in [-0.39, 0.29) is 35.6 Å². The Labute approximate surface area is 179 Å². The van der Waals surface area contributed by atoms with Gasteiger partial charge < -0.3 is 36.2 Å². The standard InChI is InChI=1S/C19H19N7O6/c20-19-25-15-14(17(30)26-19)23-11(8-22-15)7-21-10-3-1-9(2-4-10)16(29)24-12(18(31)32)5-6-13(27)28/h1-4,8,12,21H,5-7H2,(H,24,29)(H,27,28)(H,31,32)(H3,20,22,25,26,30)/p-2/t12-/m1/s1. The van der Waals surface area contributed by atoms with Gasteiger partial charge in [-0.2, -0.15) is 4.98 Å². The molecular weight excluding hydrogens is 422 g/mol. The van der Waals surface area contributed by atoms with Gasteiger partial charge in [0.2, 0.25) is 5.95 Å². The Kier molecular flexibility index (Phi) is 6.58. The van der Waals surface area contributed by atoms with Crippen molar-refractivity contribution in [2.45, 2.75) is 25.4 Å². The molecule has 0 saturated heterocycles. The first-order chi connectivity index (χ1) is 15.2. The normalized spacial score (nSPS) is 11.6. The van der Waals surface area contributed by atoms with Crippen LogP contribution in [0.1, 0.15) is 28.9 Å². The van der Waals surface area contributed by atoms with Crippen LogP contribution in [0.2, 0.25) is 0 Å². The van der Waals surface area contributed by atoms with E-state index in [1.165, 1.54) is 18.3 Å². The van der Waals surface area contributed by atoms with Gasteiger partial charge in [-0.3, -0.25) is 14.6 Å². The molecular formula is C19H17N7O6-2. The number of aliphatic carboxylic acids is 2. The third-order valence-corrected chi connectivity index (χ3v) is 4.33. The fourth-order valence-electron chi connectivity index (χ4n) is 2.74. The lowest BCUT2D eigenvalue weighted by Gasteiger charge is -2.20. The second kappa shape index (κ2) is 9.51. The van der Waals surface area contributed by atoms with Gasteiger partial charge in [-0.1, -0.05) is 0 Å². The maximum absolute atomic E-state index is 12.2. The Balaban J connectivity index is 1.62. The Bertz CT molecular complexity index is 1230. The maximum Gasteiger partial charge on any atom is 0.280 e. The van der Waals surface area contributed by atoms with Gasteiger partial charge in [-0.25, -0.2) is 9.97 Å². The Hall–Kier alpha value is -4.55. The summed E-state index contributed by atoms with van der Waals surface area (Å²) in [5.41, 5.74) is 6.37. The quantitative estimate of drug-likeness (QED) is 0.268. The largest absolute Gasteiger partial charge is 0.550 e. The number of nitrogens with zero attached hydrogens (tertiary/aromatic N) is 3. The average molecular weight is 439 g/mol. The zero-order valence-electron chi connectivity index (χ0n) is 16.5. The lowest BCUT2D eigenvalue weighted by Crippen LogP contribution is -2.48. The number of carboxylic acids is 2. The molecule has 0 aliphatic carbocycles. The van der Waals surface area contributed by atoms with Gasteiger partial charge in [-0.15, -0.1) is 0 Å². The Morgan fingerprint density at radius 1 is 1.12 bits per heavy atom. The first kappa shape index (κ1) is 22.1. The number of amides is 1. The summed E-state index contributed by atoms with van der Waals surface area (Å²) in [5, 5.41) is 26.8. The number of aromatic nitrogens is 4. The highest BCUT2D eigenvalue weighted by Crippen LogP contribution is 2.12. The smallest absolute Gasteiger partial charge is 0.280 e. The molecule has 0 saturated carbocycles. The summed E-state index contributed by atoms with van der Waals surface area (Å²) in [4.78, 5) is 60.2. The molecule has 0 fully saturated rings. The van der Waals surface area contributed by atoms with Gasteiger partial charge in [-0.05, 0) is 37.1 Å². The number of benzene rings is 1. The molecule has 0 radical (unpaired) electrons. The molecule has 13 nitrogen and oxygen atoms in total. The third kappa shape index (κ3) is 5.53. The van der Waals surface area contributed by atoms with E-state index < -0.39 is 35.9 Å². The summed E-state index contributed by atoms with van der Waals surface area (Å²) in [6, 6.07) is 4.59. The van der Waals surface area contributed by atoms with E-state index in [1.807, 2.05) is 0 Å². The molecule has 13 heteroatoms. The van der Waals surface area contributed by atoms with Crippen molar-refractivity contribution in [3.8, 4) is 0 Å². The second-order valence-electron chi connectivity index (χ2n) is 6.67. The number of nitrogen functional groups attached to an aromatic ring is 1. The van der Waals surface area contributed by atoms with Crippen LogP contribution in [0.3, 0.4) is 0 Å². The van der Waals surface area contributed by atoms with E-state index in [0.717, 1.165) is 0 Å². The van der Waals surface area contributed by atoms with Crippen molar-refractivity contribution in [1.29, 1.82) is 0 Å². The molecule has 3 aromatic rings. The van der Waals surface area contributed by atoms with Crippen molar-refractivity contribution < 1.29 is 24.6 Å². The molecule has 0 aliphatic rings. The second-order valence-corrected chi connectivity index (χ2v) is 6.67. The van der Waals surface area contributed by atoms with Gasteiger partial charge in [0.05, 0.1) is 30.4 Å². The molecule has 1 atom stereocenters. The van der Waals surface area contributed by atoms with Gasteiger partial charge in [0.25, 0.3) is 11.5 Å². The van der Waals surface area contributed by atoms with Crippen molar-refractivity contribution in [3.63, 3.8) is 0 Å². The third-order valence-electron chi connectivity index (χ3n) is 4.33. The number of fused-ring (bicyclic) bond motifs is 1. The van der Waals surface area contributed by atoms with Crippen LogP contribution in [0.15, 0.2) is 35.3 Å². The molecule has 2 aromatic heterocycles. The topological polar surface area (TPSA) is 219 Å².